The number of aromatic nitrogens is 4. The molecule has 2 heterocycles. The number of benzene rings is 2. The molecular weight excluding hydrogens is 392 g/mol. The molecule has 2 aromatic heterocycles. The number of nitrogens with two attached hydrogens (primary N) is 1. The fourth-order valence-corrected chi connectivity index (χ4v) is 3.27. The number of rotatable bonds is 5. The average Bonchev–Trinajstić information content (AvgIpc) is 2.97. The van der Waals surface area contributed by atoms with Crippen molar-refractivity contribution in [1.82, 2.24) is 19.5 Å². The van der Waals surface area contributed by atoms with Crippen LogP contribution in [0.3, 0.4) is 0 Å². The van der Waals surface area contributed by atoms with E-state index in [1.807, 2.05) is 41.0 Å². The molecule has 6 nitrogen and oxygen atoms in total. The fourth-order valence-electron chi connectivity index (χ4n) is 2.80. The predicted molar refractivity (Wildman–Crippen MR) is 107 cm³/mol. The van der Waals surface area contributed by atoms with Crippen molar-refractivity contribution < 1.29 is 0 Å². The van der Waals surface area contributed by atoms with Crippen LogP contribution in [0.4, 0.5) is 11.8 Å². The van der Waals surface area contributed by atoms with Crippen LogP contribution < -0.4 is 11.1 Å². The van der Waals surface area contributed by atoms with Gasteiger partial charge in [0.2, 0.25) is 5.95 Å². The second-order valence-corrected chi connectivity index (χ2v) is 6.60. The third-order valence-corrected chi connectivity index (χ3v) is 4.66. The lowest BCUT2D eigenvalue weighted by molar-refractivity contribution is 0.791. The van der Waals surface area contributed by atoms with Crippen molar-refractivity contribution in [3.8, 4) is 0 Å². The Labute approximate surface area is 159 Å². The van der Waals surface area contributed by atoms with Gasteiger partial charge in [-0.1, -0.05) is 60.7 Å². The van der Waals surface area contributed by atoms with Crippen molar-refractivity contribution in [3.05, 3.63) is 76.5 Å². The zero-order chi connectivity index (χ0) is 17.9. The molecular formula is C19H17BrN6. The third-order valence-electron chi connectivity index (χ3n) is 4.05. The van der Waals surface area contributed by atoms with Gasteiger partial charge in [0, 0.05) is 6.54 Å². The molecule has 26 heavy (non-hydrogen) atoms. The van der Waals surface area contributed by atoms with Crippen LogP contribution >= 0.6 is 15.9 Å². The summed E-state index contributed by atoms with van der Waals surface area (Å²) in [5, 5.41) is 3.32. The first-order valence-electron chi connectivity index (χ1n) is 8.21. The first kappa shape index (κ1) is 16.5. The van der Waals surface area contributed by atoms with E-state index in [0.717, 1.165) is 11.1 Å². The van der Waals surface area contributed by atoms with Crippen LogP contribution in [0.25, 0.3) is 11.2 Å². The van der Waals surface area contributed by atoms with E-state index in [1.54, 1.807) is 0 Å². The van der Waals surface area contributed by atoms with Crippen LogP contribution in [0.5, 0.6) is 0 Å². The summed E-state index contributed by atoms with van der Waals surface area (Å²) in [5.41, 5.74) is 9.65. The van der Waals surface area contributed by atoms with Gasteiger partial charge in [0.1, 0.15) is 0 Å². The van der Waals surface area contributed by atoms with Gasteiger partial charge in [-0.2, -0.15) is 9.97 Å². The number of hydrogen-bond donors (Lipinski definition) is 2. The molecule has 0 amide bonds. The van der Waals surface area contributed by atoms with Gasteiger partial charge >= 0.3 is 0 Å². The van der Waals surface area contributed by atoms with Crippen molar-refractivity contribution in [3.63, 3.8) is 0 Å². The molecule has 0 unspecified atom stereocenters. The number of imidazole rings is 1. The highest BCUT2D eigenvalue weighted by atomic mass is 79.9. The summed E-state index contributed by atoms with van der Waals surface area (Å²) in [6, 6.07) is 20.3. The van der Waals surface area contributed by atoms with Gasteiger partial charge in [-0.25, -0.2) is 4.98 Å². The normalized spacial score (nSPS) is 11.0. The average molecular weight is 409 g/mol. The van der Waals surface area contributed by atoms with Crippen LogP contribution in [0.15, 0.2) is 65.4 Å². The van der Waals surface area contributed by atoms with Gasteiger partial charge in [-0.3, -0.25) is 4.57 Å². The minimum absolute atomic E-state index is 0.217. The molecule has 0 saturated heterocycles. The van der Waals surface area contributed by atoms with Crippen molar-refractivity contribution in [1.29, 1.82) is 0 Å². The van der Waals surface area contributed by atoms with E-state index in [2.05, 4.69) is 60.5 Å². The van der Waals surface area contributed by atoms with E-state index in [0.29, 0.717) is 34.8 Å². The van der Waals surface area contributed by atoms with Crippen LogP contribution in [-0.4, -0.2) is 19.5 Å². The first-order chi connectivity index (χ1) is 12.7. The highest BCUT2D eigenvalue weighted by molar-refractivity contribution is 9.10. The summed E-state index contributed by atoms with van der Waals surface area (Å²) >= 11 is 3.54. The Morgan fingerprint density at radius 3 is 2.23 bits per heavy atom. The zero-order valence-corrected chi connectivity index (χ0v) is 15.5. The molecule has 7 heteroatoms. The second-order valence-electron chi connectivity index (χ2n) is 5.89. The standard InChI is InChI=1S/C19H17BrN6/c20-18-23-15-16(22-11-13-7-3-1-4-8-13)24-19(21)25-17(15)26(18)12-14-9-5-2-6-10-14/h1-10H,11-12H2,(H3,21,22,24,25). The topological polar surface area (TPSA) is 81.6 Å². The smallest absolute Gasteiger partial charge is 0.224 e. The summed E-state index contributed by atoms with van der Waals surface area (Å²) < 4.78 is 2.68. The lowest BCUT2D eigenvalue weighted by Crippen LogP contribution is -2.07. The number of nitrogens with one attached hydrogen (secondary N) is 1. The highest BCUT2D eigenvalue weighted by Gasteiger charge is 2.16. The Kier molecular flexibility index (Phi) is 4.53. The molecule has 0 atom stereocenters. The van der Waals surface area contributed by atoms with Gasteiger partial charge in [0.05, 0.1) is 6.54 Å². The van der Waals surface area contributed by atoms with Crippen LogP contribution in [-0.2, 0) is 13.1 Å². The summed E-state index contributed by atoms with van der Waals surface area (Å²) in [5.74, 6) is 0.846. The van der Waals surface area contributed by atoms with Gasteiger partial charge in [0.15, 0.2) is 21.7 Å². The molecule has 0 spiro atoms. The number of nitrogens with zero attached hydrogens (tertiary/aromatic N) is 4. The van der Waals surface area contributed by atoms with Gasteiger partial charge in [0.25, 0.3) is 0 Å². The Morgan fingerprint density at radius 2 is 1.54 bits per heavy atom. The molecule has 0 saturated carbocycles. The molecule has 4 aromatic rings. The minimum atomic E-state index is 0.217. The monoisotopic (exact) mass is 408 g/mol. The third kappa shape index (κ3) is 3.39. The fraction of sp³-hybridized carbons (Fsp3) is 0.105. The molecule has 0 bridgehead atoms. The largest absolute Gasteiger partial charge is 0.368 e. The maximum atomic E-state index is 5.95. The molecule has 2 aromatic carbocycles. The molecule has 0 fully saturated rings. The lowest BCUT2D eigenvalue weighted by atomic mass is 10.2. The SMILES string of the molecule is Nc1nc(NCc2ccccc2)c2nc(Br)n(Cc3ccccc3)c2n1. The van der Waals surface area contributed by atoms with Crippen molar-refractivity contribution in [2.24, 2.45) is 0 Å². The zero-order valence-electron chi connectivity index (χ0n) is 13.9. The molecule has 0 radical (unpaired) electrons. The number of anilines is 2. The Hall–Kier alpha value is -2.93. The van der Waals surface area contributed by atoms with Gasteiger partial charge in [-0.15, -0.1) is 0 Å². The van der Waals surface area contributed by atoms with E-state index in [1.165, 1.54) is 0 Å². The summed E-state index contributed by atoms with van der Waals surface area (Å²) in [6.45, 7) is 1.28. The predicted octanol–water partition coefficient (Wildman–Crippen LogP) is 3.83. The number of nitrogen functional groups attached to an aromatic ring is 1. The molecule has 3 N–H and O–H groups in total. The van der Waals surface area contributed by atoms with Crippen molar-refractivity contribution >= 4 is 38.9 Å². The molecule has 0 aliphatic rings. The number of hydrogen-bond acceptors (Lipinski definition) is 5. The quantitative estimate of drug-likeness (QED) is 0.490. The maximum Gasteiger partial charge on any atom is 0.224 e. The van der Waals surface area contributed by atoms with E-state index < -0.39 is 0 Å². The highest BCUT2D eigenvalue weighted by Crippen LogP contribution is 2.26. The Morgan fingerprint density at radius 1 is 0.885 bits per heavy atom. The lowest BCUT2D eigenvalue weighted by Gasteiger charge is -2.08. The van der Waals surface area contributed by atoms with E-state index in [9.17, 15) is 0 Å². The van der Waals surface area contributed by atoms with Crippen LogP contribution in [0.2, 0.25) is 0 Å². The van der Waals surface area contributed by atoms with Crippen molar-refractivity contribution in [2.45, 2.75) is 13.1 Å². The molecule has 130 valence electrons. The van der Waals surface area contributed by atoms with E-state index in [4.69, 9.17) is 5.73 Å². The van der Waals surface area contributed by atoms with Crippen LogP contribution in [0.1, 0.15) is 11.1 Å². The second kappa shape index (κ2) is 7.13. The van der Waals surface area contributed by atoms with Crippen LogP contribution in [0, 0.1) is 0 Å². The van der Waals surface area contributed by atoms with Gasteiger partial charge < -0.3 is 11.1 Å². The number of halogens is 1. The minimum Gasteiger partial charge on any atom is -0.368 e. The summed E-state index contributed by atoms with van der Waals surface area (Å²) in [7, 11) is 0. The first-order valence-corrected chi connectivity index (χ1v) is 9.01. The maximum absolute atomic E-state index is 5.95. The molecule has 0 aliphatic carbocycles. The van der Waals surface area contributed by atoms with E-state index in [-0.39, 0.29) is 5.95 Å². The van der Waals surface area contributed by atoms with Crippen molar-refractivity contribution in [2.75, 3.05) is 11.1 Å². The Balaban J connectivity index is 1.70. The van der Waals surface area contributed by atoms with E-state index >= 15 is 0 Å². The Bertz CT molecular complexity index is 1030. The summed E-state index contributed by atoms with van der Waals surface area (Å²) in [6.07, 6.45) is 0. The molecule has 0 aliphatic heterocycles. The van der Waals surface area contributed by atoms with Gasteiger partial charge in [-0.05, 0) is 27.1 Å². The number of fused-ring (bicyclic) bond motifs is 1. The summed E-state index contributed by atoms with van der Waals surface area (Å²) in [4.78, 5) is 13.3. The molecule has 4 rings (SSSR count).